The van der Waals surface area contributed by atoms with Gasteiger partial charge in [0.25, 0.3) is 11.5 Å². The average Bonchev–Trinajstić information content (AvgIpc) is 2.65. The van der Waals surface area contributed by atoms with Gasteiger partial charge in [-0.25, -0.2) is 4.68 Å². The number of rotatable bonds is 5. The molecule has 126 valence electrons. The van der Waals surface area contributed by atoms with E-state index in [2.05, 4.69) is 15.4 Å². The zero-order valence-electron chi connectivity index (χ0n) is 13.8. The Morgan fingerprint density at radius 3 is 2.56 bits per heavy atom. The molecule has 0 spiro atoms. The highest BCUT2D eigenvalue weighted by Crippen LogP contribution is 2.08. The molecule has 6 nitrogen and oxygen atoms in total. The van der Waals surface area contributed by atoms with Crippen LogP contribution in [-0.4, -0.2) is 20.7 Å². The van der Waals surface area contributed by atoms with E-state index in [0.29, 0.717) is 6.54 Å². The molecule has 0 aliphatic heterocycles. The van der Waals surface area contributed by atoms with E-state index in [9.17, 15) is 9.59 Å². The minimum atomic E-state index is -0.347. The Morgan fingerprint density at radius 2 is 1.84 bits per heavy atom. The van der Waals surface area contributed by atoms with E-state index in [-0.39, 0.29) is 23.2 Å². The van der Waals surface area contributed by atoms with Crippen molar-refractivity contribution in [1.82, 2.24) is 20.1 Å². The number of hydrogen-bond acceptors (Lipinski definition) is 4. The van der Waals surface area contributed by atoms with Gasteiger partial charge in [-0.05, 0) is 30.7 Å². The molecule has 2 aromatic heterocycles. The van der Waals surface area contributed by atoms with Gasteiger partial charge in [0, 0.05) is 12.3 Å². The number of pyridine rings is 1. The second-order valence-corrected chi connectivity index (χ2v) is 5.65. The molecule has 3 rings (SSSR count). The lowest BCUT2D eigenvalue weighted by Crippen LogP contribution is -2.31. The second-order valence-electron chi connectivity index (χ2n) is 5.65. The summed E-state index contributed by atoms with van der Waals surface area (Å²) in [6.45, 7) is 2.16. The van der Waals surface area contributed by atoms with Crippen LogP contribution in [0.25, 0.3) is 0 Å². The molecule has 0 aliphatic carbocycles. The van der Waals surface area contributed by atoms with Gasteiger partial charge in [-0.15, -0.1) is 0 Å². The Balaban J connectivity index is 1.77. The fourth-order valence-corrected chi connectivity index (χ4v) is 2.42. The molecule has 1 unspecified atom stereocenters. The number of aromatic nitrogens is 3. The lowest BCUT2D eigenvalue weighted by atomic mass is 10.2. The van der Waals surface area contributed by atoms with Crippen LogP contribution >= 0.6 is 0 Å². The number of amides is 1. The van der Waals surface area contributed by atoms with E-state index in [0.717, 1.165) is 11.3 Å². The van der Waals surface area contributed by atoms with E-state index in [1.54, 1.807) is 6.20 Å². The van der Waals surface area contributed by atoms with Crippen molar-refractivity contribution in [2.75, 3.05) is 0 Å². The first-order valence-corrected chi connectivity index (χ1v) is 7.97. The van der Waals surface area contributed by atoms with E-state index in [1.165, 1.54) is 16.8 Å². The zero-order valence-corrected chi connectivity index (χ0v) is 13.8. The van der Waals surface area contributed by atoms with Crippen molar-refractivity contribution < 1.29 is 4.79 Å². The summed E-state index contributed by atoms with van der Waals surface area (Å²) < 4.78 is 1.29. The quantitative estimate of drug-likeness (QED) is 0.776. The predicted octanol–water partition coefficient (Wildman–Crippen LogP) is 2.18. The first kappa shape index (κ1) is 16.6. The van der Waals surface area contributed by atoms with Crippen LogP contribution in [0.2, 0.25) is 0 Å². The number of carbonyl (C=O) groups excluding carboxylic acids is 1. The molecule has 6 heteroatoms. The molecule has 1 amide bonds. The van der Waals surface area contributed by atoms with Gasteiger partial charge in [0.1, 0.15) is 5.69 Å². The van der Waals surface area contributed by atoms with Crippen molar-refractivity contribution in [3.63, 3.8) is 0 Å². The van der Waals surface area contributed by atoms with Crippen LogP contribution in [0.1, 0.15) is 34.7 Å². The molecule has 1 aromatic carbocycles. The molecular weight excluding hydrogens is 316 g/mol. The smallest absolute Gasteiger partial charge is 0.272 e. The zero-order chi connectivity index (χ0) is 17.6. The topological polar surface area (TPSA) is 76.9 Å². The number of carbonyl (C=O) groups is 1. The van der Waals surface area contributed by atoms with Crippen LogP contribution in [0, 0.1) is 0 Å². The molecule has 1 atom stereocenters. The van der Waals surface area contributed by atoms with Gasteiger partial charge in [0.2, 0.25) is 0 Å². The molecule has 2 heterocycles. The van der Waals surface area contributed by atoms with Gasteiger partial charge in [0.15, 0.2) is 0 Å². The summed E-state index contributed by atoms with van der Waals surface area (Å²) in [5.41, 5.74) is 1.64. The normalized spacial score (nSPS) is 11.7. The first-order chi connectivity index (χ1) is 12.1. The standard InChI is InChI=1S/C19H18N4O2/c1-14(16-9-5-6-12-20-16)21-19(25)17-10-11-18(24)23(22-17)13-15-7-3-2-4-8-15/h2-12,14H,13H2,1H3,(H,21,25). The van der Waals surface area contributed by atoms with Crippen molar-refractivity contribution in [1.29, 1.82) is 0 Å². The minimum absolute atomic E-state index is 0.193. The Hall–Kier alpha value is -3.28. The highest BCUT2D eigenvalue weighted by molar-refractivity contribution is 5.92. The Bertz CT molecular complexity index is 907. The second kappa shape index (κ2) is 7.53. The molecule has 0 saturated carbocycles. The summed E-state index contributed by atoms with van der Waals surface area (Å²) in [7, 11) is 0. The van der Waals surface area contributed by atoms with Crippen LogP contribution < -0.4 is 10.9 Å². The lowest BCUT2D eigenvalue weighted by Gasteiger charge is -2.13. The van der Waals surface area contributed by atoms with Crippen LogP contribution in [-0.2, 0) is 6.54 Å². The third-order valence-corrected chi connectivity index (χ3v) is 3.75. The number of hydrogen-bond donors (Lipinski definition) is 1. The number of nitrogens with zero attached hydrogens (tertiary/aromatic N) is 3. The van der Waals surface area contributed by atoms with Crippen LogP contribution in [0.4, 0.5) is 0 Å². The molecule has 0 aliphatic rings. The number of nitrogens with one attached hydrogen (secondary N) is 1. The van der Waals surface area contributed by atoms with Gasteiger partial charge < -0.3 is 5.32 Å². The summed E-state index contributed by atoms with van der Waals surface area (Å²) in [5, 5.41) is 7.03. The monoisotopic (exact) mass is 334 g/mol. The van der Waals surface area contributed by atoms with Crippen LogP contribution in [0.3, 0.4) is 0 Å². The van der Waals surface area contributed by atoms with E-state index in [4.69, 9.17) is 0 Å². The van der Waals surface area contributed by atoms with Gasteiger partial charge in [-0.3, -0.25) is 14.6 Å². The Labute approximate surface area is 145 Å². The Morgan fingerprint density at radius 1 is 1.08 bits per heavy atom. The van der Waals surface area contributed by atoms with E-state index >= 15 is 0 Å². The van der Waals surface area contributed by atoms with Gasteiger partial charge >= 0.3 is 0 Å². The highest BCUT2D eigenvalue weighted by atomic mass is 16.2. The average molecular weight is 334 g/mol. The van der Waals surface area contributed by atoms with Crippen molar-refractivity contribution in [2.24, 2.45) is 0 Å². The maximum atomic E-state index is 12.4. The molecule has 0 bridgehead atoms. The highest BCUT2D eigenvalue weighted by Gasteiger charge is 2.14. The molecule has 1 N–H and O–H groups in total. The Kier molecular flexibility index (Phi) is 4.99. The maximum absolute atomic E-state index is 12.4. The summed E-state index contributed by atoms with van der Waals surface area (Å²) in [6.07, 6.45) is 1.68. The molecule has 3 aromatic rings. The fourth-order valence-electron chi connectivity index (χ4n) is 2.42. The van der Waals surface area contributed by atoms with Crippen molar-refractivity contribution >= 4 is 5.91 Å². The van der Waals surface area contributed by atoms with Gasteiger partial charge in [-0.2, -0.15) is 5.10 Å². The minimum Gasteiger partial charge on any atom is -0.343 e. The molecular formula is C19H18N4O2. The third kappa shape index (κ3) is 4.17. The predicted molar refractivity (Wildman–Crippen MR) is 94.2 cm³/mol. The van der Waals surface area contributed by atoms with E-state index in [1.807, 2.05) is 55.5 Å². The third-order valence-electron chi connectivity index (χ3n) is 3.75. The molecule has 25 heavy (non-hydrogen) atoms. The molecule has 0 radical (unpaired) electrons. The van der Waals surface area contributed by atoms with Gasteiger partial charge in [0.05, 0.1) is 18.3 Å². The van der Waals surface area contributed by atoms with Crippen molar-refractivity contribution in [3.05, 3.63) is 94.2 Å². The van der Waals surface area contributed by atoms with Crippen LogP contribution in [0.15, 0.2) is 71.7 Å². The van der Waals surface area contributed by atoms with Crippen LogP contribution in [0.5, 0.6) is 0 Å². The fraction of sp³-hybridized carbons (Fsp3) is 0.158. The van der Waals surface area contributed by atoms with Gasteiger partial charge in [-0.1, -0.05) is 36.4 Å². The SMILES string of the molecule is CC(NC(=O)c1ccc(=O)n(Cc2ccccc2)n1)c1ccccn1. The summed E-state index contributed by atoms with van der Waals surface area (Å²) in [5.74, 6) is -0.347. The van der Waals surface area contributed by atoms with E-state index < -0.39 is 0 Å². The maximum Gasteiger partial charge on any atom is 0.272 e. The first-order valence-electron chi connectivity index (χ1n) is 7.97. The largest absolute Gasteiger partial charge is 0.343 e. The molecule has 0 fully saturated rings. The molecule has 0 saturated heterocycles. The summed E-state index contributed by atoms with van der Waals surface area (Å²) >= 11 is 0. The van der Waals surface area contributed by atoms with Crippen molar-refractivity contribution in [2.45, 2.75) is 19.5 Å². The number of benzene rings is 1. The summed E-state index contributed by atoms with van der Waals surface area (Å²) in [6, 6.07) is 17.6. The summed E-state index contributed by atoms with van der Waals surface area (Å²) in [4.78, 5) is 28.7. The lowest BCUT2D eigenvalue weighted by molar-refractivity contribution is 0.0931. The van der Waals surface area contributed by atoms with Crippen molar-refractivity contribution in [3.8, 4) is 0 Å².